The first kappa shape index (κ1) is 14.0. The average Bonchev–Trinajstić information content (AvgIpc) is 2.40. The van der Waals surface area contributed by atoms with Crippen molar-refractivity contribution in [2.45, 2.75) is 13.8 Å². The number of nitrogens with zero attached hydrogens (tertiary/aromatic N) is 1. The van der Waals surface area contributed by atoms with Gasteiger partial charge in [0.15, 0.2) is 0 Å². The molecule has 18 heavy (non-hydrogen) atoms. The van der Waals surface area contributed by atoms with Gasteiger partial charge < -0.3 is 14.4 Å². The van der Waals surface area contributed by atoms with E-state index in [9.17, 15) is 9.59 Å². The number of para-hydroxylation sites is 1. The van der Waals surface area contributed by atoms with Crippen molar-refractivity contribution in [1.82, 2.24) is 4.90 Å². The number of carbonyl (C=O) groups is 2. The molecule has 1 aromatic carbocycles. The van der Waals surface area contributed by atoms with Crippen LogP contribution < -0.4 is 4.74 Å². The van der Waals surface area contributed by atoms with Crippen molar-refractivity contribution in [2.24, 2.45) is 0 Å². The topological polar surface area (TPSA) is 55.8 Å². The number of carbonyl (C=O) groups excluding carboxylic acids is 2. The molecule has 98 valence electrons. The molecule has 0 saturated heterocycles. The summed E-state index contributed by atoms with van der Waals surface area (Å²) in [6.45, 7) is 4.82. The predicted octanol–water partition coefficient (Wildman–Crippen LogP) is 2.31. The Hall–Kier alpha value is -2.04. The van der Waals surface area contributed by atoms with E-state index in [4.69, 9.17) is 4.74 Å². The number of hydrogen-bond donors (Lipinski definition) is 0. The molecule has 0 atom stereocenters. The van der Waals surface area contributed by atoms with Crippen LogP contribution in [0.2, 0.25) is 0 Å². The lowest BCUT2D eigenvalue weighted by molar-refractivity contribution is 0.0597. The first-order chi connectivity index (χ1) is 8.63. The summed E-state index contributed by atoms with van der Waals surface area (Å²) in [6.07, 6.45) is -0.476. The third-order valence-electron chi connectivity index (χ3n) is 2.51. The summed E-state index contributed by atoms with van der Waals surface area (Å²) in [7, 11) is 1.28. The molecule has 1 rings (SSSR count). The number of amides is 1. The van der Waals surface area contributed by atoms with Crippen LogP contribution in [0.3, 0.4) is 0 Å². The first-order valence-electron chi connectivity index (χ1n) is 5.78. The second-order valence-electron chi connectivity index (χ2n) is 3.53. The van der Waals surface area contributed by atoms with Crippen molar-refractivity contribution in [1.29, 1.82) is 0 Å². The zero-order chi connectivity index (χ0) is 13.5. The fraction of sp³-hybridized carbons (Fsp3) is 0.385. The molecule has 0 N–H and O–H groups in total. The van der Waals surface area contributed by atoms with Gasteiger partial charge in [-0.15, -0.1) is 0 Å². The Morgan fingerprint density at radius 1 is 1.17 bits per heavy atom. The largest absolute Gasteiger partial charge is 0.465 e. The average molecular weight is 251 g/mol. The van der Waals surface area contributed by atoms with Crippen LogP contribution in [0.25, 0.3) is 0 Å². The molecule has 0 unspecified atom stereocenters. The van der Waals surface area contributed by atoms with E-state index in [0.29, 0.717) is 13.1 Å². The molecule has 0 spiro atoms. The Balaban J connectivity index is 2.90. The molecule has 5 nitrogen and oxygen atoms in total. The highest BCUT2D eigenvalue weighted by molar-refractivity contribution is 5.93. The number of rotatable bonds is 4. The van der Waals surface area contributed by atoms with Crippen LogP contribution in [0.15, 0.2) is 24.3 Å². The van der Waals surface area contributed by atoms with Gasteiger partial charge in [0, 0.05) is 13.1 Å². The number of esters is 1. The maximum Gasteiger partial charge on any atom is 0.415 e. The first-order valence-corrected chi connectivity index (χ1v) is 5.78. The third kappa shape index (κ3) is 3.23. The number of methoxy groups -OCH3 is 1. The summed E-state index contributed by atoms with van der Waals surface area (Å²) in [4.78, 5) is 24.8. The van der Waals surface area contributed by atoms with Crippen LogP contribution in [-0.2, 0) is 4.74 Å². The van der Waals surface area contributed by atoms with Gasteiger partial charge in [-0.05, 0) is 26.0 Å². The molecule has 1 aromatic rings. The zero-order valence-corrected chi connectivity index (χ0v) is 10.8. The van der Waals surface area contributed by atoms with E-state index in [1.54, 1.807) is 24.3 Å². The van der Waals surface area contributed by atoms with Crippen LogP contribution in [-0.4, -0.2) is 37.2 Å². The summed E-state index contributed by atoms with van der Waals surface area (Å²) in [5.74, 6) is -0.320. The second kappa shape index (κ2) is 6.64. The Labute approximate surface area is 106 Å². The van der Waals surface area contributed by atoms with E-state index in [1.165, 1.54) is 12.0 Å². The lowest BCUT2D eigenvalue weighted by atomic mass is 10.2. The van der Waals surface area contributed by atoms with E-state index < -0.39 is 12.1 Å². The summed E-state index contributed by atoms with van der Waals surface area (Å²) < 4.78 is 9.83. The van der Waals surface area contributed by atoms with Crippen molar-refractivity contribution in [3.05, 3.63) is 29.8 Å². The maximum atomic E-state index is 11.8. The van der Waals surface area contributed by atoms with Crippen molar-refractivity contribution in [3.8, 4) is 5.75 Å². The molecule has 0 aliphatic rings. The Morgan fingerprint density at radius 3 is 2.33 bits per heavy atom. The molecule has 0 heterocycles. The molecule has 0 bridgehead atoms. The summed E-state index contributed by atoms with van der Waals surface area (Å²) >= 11 is 0. The molecular formula is C13H17NO4. The molecule has 5 heteroatoms. The van der Waals surface area contributed by atoms with Crippen molar-refractivity contribution >= 4 is 12.1 Å². The fourth-order valence-corrected chi connectivity index (χ4v) is 1.47. The molecule has 1 amide bonds. The van der Waals surface area contributed by atoms with E-state index in [0.717, 1.165) is 0 Å². The lowest BCUT2D eigenvalue weighted by Crippen LogP contribution is -2.33. The molecule has 0 radical (unpaired) electrons. The maximum absolute atomic E-state index is 11.8. The third-order valence-corrected chi connectivity index (χ3v) is 2.51. The minimum absolute atomic E-state index is 0.209. The Kier molecular flexibility index (Phi) is 5.17. The summed E-state index contributed by atoms with van der Waals surface area (Å²) in [5, 5.41) is 0. The van der Waals surface area contributed by atoms with Crippen LogP contribution in [0.1, 0.15) is 24.2 Å². The van der Waals surface area contributed by atoms with Gasteiger partial charge in [0.05, 0.1) is 7.11 Å². The van der Waals surface area contributed by atoms with Gasteiger partial charge in [-0.25, -0.2) is 9.59 Å². The van der Waals surface area contributed by atoms with E-state index in [-0.39, 0.29) is 11.3 Å². The predicted molar refractivity (Wildman–Crippen MR) is 66.7 cm³/mol. The van der Waals surface area contributed by atoms with Gasteiger partial charge in [-0.1, -0.05) is 12.1 Å². The fourth-order valence-electron chi connectivity index (χ4n) is 1.47. The summed E-state index contributed by atoms with van der Waals surface area (Å²) in [5.41, 5.74) is 0.237. The van der Waals surface area contributed by atoms with Crippen molar-refractivity contribution in [3.63, 3.8) is 0 Å². The summed E-state index contributed by atoms with van der Waals surface area (Å²) in [6, 6.07) is 6.49. The minimum atomic E-state index is -0.530. The molecule has 0 fully saturated rings. The molecule has 0 saturated carbocycles. The van der Waals surface area contributed by atoms with Gasteiger partial charge in [0.2, 0.25) is 0 Å². The van der Waals surface area contributed by atoms with Gasteiger partial charge in [0.25, 0.3) is 0 Å². The Morgan fingerprint density at radius 2 is 1.78 bits per heavy atom. The van der Waals surface area contributed by atoms with Crippen molar-refractivity contribution < 1.29 is 19.1 Å². The van der Waals surface area contributed by atoms with Crippen LogP contribution in [0.5, 0.6) is 5.75 Å². The minimum Gasteiger partial charge on any atom is -0.465 e. The van der Waals surface area contributed by atoms with Crippen LogP contribution in [0, 0.1) is 0 Å². The van der Waals surface area contributed by atoms with Crippen LogP contribution in [0.4, 0.5) is 4.79 Å². The quantitative estimate of drug-likeness (QED) is 0.770. The van der Waals surface area contributed by atoms with Gasteiger partial charge in [-0.2, -0.15) is 0 Å². The number of hydrogen-bond acceptors (Lipinski definition) is 4. The highest BCUT2D eigenvalue weighted by Crippen LogP contribution is 2.19. The Bertz CT molecular complexity index is 427. The van der Waals surface area contributed by atoms with E-state index in [2.05, 4.69) is 4.74 Å². The smallest absolute Gasteiger partial charge is 0.415 e. The molecule has 0 aliphatic heterocycles. The van der Waals surface area contributed by atoms with Crippen molar-refractivity contribution in [2.75, 3.05) is 20.2 Å². The van der Waals surface area contributed by atoms with Crippen LogP contribution >= 0.6 is 0 Å². The van der Waals surface area contributed by atoms with Gasteiger partial charge >= 0.3 is 12.1 Å². The zero-order valence-electron chi connectivity index (χ0n) is 10.8. The molecular weight excluding hydrogens is 234 g/mol. The highest BCUT2D eigenvalue weighted by atomic mass is 16.6. The normalized spacial score (nSPS) is 9.72. The van der Waals surface area contributed by atoms with E-state index in [1.807, 2.05) is 13.8 Å². The monoisotopic (exact) mass is 251 g/mol. The van der Waals surface area contributed by atoms with Gasteiger partial charge in [0.1, 0.15) is 11.3 Å². The molecule has 0 aromatic heterocycles. The van der Waals surface area contributed by atoms with E-state index >= 15 is 0 Å². The SMILES string of the molecule is CCN(CC)C(=O)Oc1ccccc1C(=O)OC. The second-order valence-corrected chi connectivity index (χ2v) is 3.53. The molecule has 0 aliphatic carbocycles. The standard InChI is InChI=1S/C13H17NO4/c1-4-14(5-2)13(16)18-11-9-7-6-8-10(11)12(15)17-3/h6-9H,4-5H2,1-3H3. The van der Waals surface area contributed by atoms with Gasteiger partial charge in [-0.3, -0.25) is 0 Å². The highest BCUT2D eigenvalue weighted by Gasteiger charge is 2.17. The number of benzene rings is 1. The lowest BCUT2D eigenvalue weighted by Gasteiger charge is -2.18. The number of ether oxygens (including phenoxy) is 2.